The van der Waals surface area contributed by atoms with Crippen LogP contribution in [0.1, 0.15) is 32.3 Å². The summed E-state index contributed by atoms with van der Waals surface area (Å²) in [5.74, 6) is -0.170. The maximum absolute atomic E-state index is 11.6. The quantitative estimate of drug-likeness (QED) is 0.755. The minimum Gasteiger partial charge on any atom is -0.468 e. The van der Waals surface area contributed by atoms with E-state index >= 15 is 0 Å². The largest absolute Gasteiger partial charge is 0.468 e. The first-order valence-corrected chi connectivity index (χ1v) is 6.51. The highest BCUT2D eigenvalue weighted by atomic mass is 16.5. The Labute approximate surface area is 110 Å². The molecule has 1 N–H and O–H groups in total. The molecule has 0 aliphatic carbocycles. The molecule has 0 saturated heterocycles. The lowest BCUT2D eigenvalue weighted by atomic mass is 10.0. The van der Waals surface area contributed by atoms with Gasteiger partial charge in [-0.25, -0.2) is 0 Å². The Balaban J connectivity index is 2.40. The monoisotopic (exact) mass is 249 g/mol. The van der Waals surface area contributed by atoms with E-state index in [0.29, 0.717) is 0 Å². The van der Waals surface area contributed by atoms with Gasteiger partial charge in [0.05, 0.1) is 7.11 Å². The second-order valence-corrected chi connectivity index (χ2v) is 4.77. The van der Waals surface area contributed by atoms with Crippen LogP contribution in [0.5, 0.6) is 0 Å². The van der Waals surface area contributed by atoms with Crippen molar-refractivity contribution in [2.24, 2.45) is 0 Å². The number of carbonyl (C=O) groups is 1. The Bertz CT molecular complexity index is 349. The molecule has 3 nitrogen and oxygen atoms in total. The normalized spacial score (nSPS) is 12.4. The summed E-state index contributed by atoms with van der Waals surface area (Å²) in [7, 11) is 1.44. The van der Waals surface area contributed by atoms with Gasteiger partial charge in [-0.2, -0.15) is 0 Å². The zero-order chi connectivity index (χ0) is 13.4. The second kappa shape index (κ2) is 7.88. The van der Waals surface area contributed by atoms with Gasteiger partial charge in [0, 0.05) is 6.04 Å². The van der Waals surface area contributed by atoms with Crippen LogP contribution in [0.25, 0.3) is 0 Å². The minimum atomic E-state index is -0.196. The molecule has 3 heteroatoms. The number of aryl methyl sites for hydroxylation is 1. The van der Waals surface area contributed by atoms with Gasteiger partial charge in [-0.15, -0.1) is 0 Å². The molecule has 1 rings (SSSR count). The van der Waals surface area contributed by atoms with E-state index in [2.05, 4.69) is 17.4 Å². The molecule has 0 fully saturated rings. The molecular weight excluding hydrogens is 226 g/mol. The molecule has 1 atom stereocenters. The van der Waals surface area contributed by atoms with Crippen molar-refractivity contribution in [1.29, 1.82) is 0 Å². The smallest absolute Gasteiger partial charge is 0.322 e. The zero-order valence-corrected chi connectivity index (χ0v) is 11.5. The fraction of sp³-hybridized carbons (Fsp3) is 0.533. The lowest BCUT2D eigenvalue weighted by Gasteiger charge is -2.18. The summed E-state index contributed by atoms with van der Waals surface area (Å²) in [5, 5.41) is 3.24. The van der Waals surface area contributed by atoms with Crippen LogP contribution in [0.3, 0.4) is 0 Å². The van der Waals surface area contributed by atoms with Crippen LogP contribution >= 0.6 is 0 Å². The van der Waals surface area contributed by atoms with Crippen LogP contribution in [-0.4, -0.2) is 25.2 Å². The Hall–Kier alpha value is -1.35. The van der Waals surface area contributed by atoms with Gasteiger partial charge in [0.15, 0.2) is 0 Å². The van der Waals surface area contributed by atoms with Gasteiger partial charge in [0.2, 0.25) is 0 Å². The predicted octanol–water partition coefficient (Wildman–Crippen LogP) is 2.55. The van der Waals surface area contributed by atoms with Gasteiger partial charge in [0.1, 0.15) is 6.04 Å². The van der Waals surface area contributed by atoms with Crippen LogP contribution in [0, 0.1) is 0 Å². The Kier molecular flexibility index (Phi) is 6.44. The SMILES string of the molecule is COC(=O)C(CCCc1ccccc1)NC(C)C. The van der Waals surface area contributed by atoms with E-state index in [4.69, 9.17) is 4.74 Å². The maximum Gasteiger partial charge on any atom is 0.322 e. The number of esters is 1. The lowest BCUT2D eigenvalue weighted by Crippen LogP contribution is -2.41. The first-order valence-electron chi connectivity index (χ1n) is 6.51. The number of hydrogen-bond acceptors (Lipinski definition) is 3. The van der Waals surface area contributed by atoms with E-state index in [9.17, 15) is 4.79 Å². The molecule has 0 aromatic heterocycles. The molecule has 0 saturated carbocycles. The minimum absolute atomic E-state index is 0.170. The van der Waals surface area contributed by atoms with Crippen molar-refractivity contribution in [3.8, 4) is 0 Å². The summed E-state index contributed by atoms with van der Waals surface area (Å²) < 4.78 is 4.81. The van der Waals surface area contributed by atoms with Crippen molar-refractivity contribution < 1.29 is 9.53 Å². The van der Waals surface area contributed by atoms with E-state index in [1.807, 2.05) is 32.0 Å². The predicted molar refractivity (Wildman–Crippen MR) is 73.5 cm³/mol. The first-order chi connectivity index (χ1) is 8.63. The second-order valence-electron chi connectivity index (χ2n) is 4.77. The van der Waals surface area contributed by atoms with Gasteiger partial charge in [-0.05, 0) is 24.8 Å². The van der Waals surface area contributed by atoms with E-state index in [0.717, 1.165) is 19.3 Å². The van der Waals surface area contributed by atoms with Crippen molar-refractivity contribution in [2.45, 2.75) is 45.2 Å². The van der Waals surface area contributed by atoms with Gasteiger partial charge in [-0.3, -0.25) is 4.79 Å². The van der Waals surface area contributed by atoms with E-state index < -0.39 is 0 Å². The van der Waals surface area contributed by atoms with Gasteiger partial charge < -0.3 is 10.1 Å². The number of ether oxygens (including phenoxy) is 1. The molecule has 0 amide bonds. The summed E-state index contributed by atoms with van der Waals surface area (Å²) in [6.45, 7) is 4.07. The topological polar surface area (TPSA) is 38.3 Å². The fourth-order valence-electron chi connectivity index (χ4n) is 1.97. The molecule has 0 spiro atoms. The van der Waals surface area contributed by atoms with Crippen molar-refractivity contribution in [3.63, 3.8) is 0 Å². The Morgan fingerprint density at radius 2 is 1.94 bits per heavy atom. The first kappa shape index (κ1) is 14.7. The summed E-state index contributed by atoms with van der Waals surface area (Å²) >= 11 is 0. The van der Waals surface area contributed by atoms with Crippen LogP contribution in [0.15, 0.2) is 30.3 Å². The number of benzene rings is 1. The summed E-state index contributed by atoms with van der Waals surface area (Å²) in [5.41, 5.74) is 1.31. The molecule has 1 aromatic carbocycles. The van der Waals surface area contributed by atoms with Gasteiger partial charge >= 0.3 is 5.97 Å². The molecule has 0 aliphatic rings. The summed E-state index contributed by atoms with van der Waals surface area (Å²) in [4.78, 5) is 11.6. The zero-order valence-electron chi connectivity index (χ0n) is 11.5. The average molecular weight is 249 g/mol. The van der Waals surface area contributed by atoms with Crippen LogP contribution in [-0.2, 0) is 16.0 Å². The van der Waals surface area contributed by atoms with Crippen molar-refractivity contribution in [1.82, 2.24) is 5.32 Å². The Morgan fingerprint density at radius 1 is 1.28 bits per heavy atom. The summed E-state index contributed by atoms with van der Waals surface area (Å²) in [6.07, 6.45) is 2.78. The van der Waals surface area contributed by atoms with Gasteiger partial charge in [-0.1, -0.05) is 44.2 Å². The molecule has 18 heavy (non-hydrogen) atoms. The van der Waals surface area contributed by atoms with E-state index in [-0.39, 0.29) is 18.1 Å². The highest BCUT2D eigenvalue weighted by molar-refractivity contribution is 5.75. The number of carbonyl (C=O) groups excluding carboxylic acids is 1. The van der Waals surface area contributed by atoms with Crippen LogP contribution < -0.4 is 5.32 Å². The average Bonchev–Trinajstić information content (AvgIpc) is 2.37. The number of hydrogen-bond donors (Lipinski definition) is 1. The number of nitrogens with one attached hydrogen (secondary N) is 1. The third-order valence-electron chi connectivity index (χ3n) is 2.82. The van der Waals surface area contributed by atoms with Crippen molar-refractivity contribution >= 4 is 5.97 Å². The van der Waals surface area contributed by atoms with E-state index in [1.165, 1.54) is 12.7 Å². The molecule has 1 aromatic rings. The molecule has 0 heterocycles. The number of methoxy groups -OCH3 is 1. The lowest BCUT2D eigenvalue weighted by molar-refractivity contribution is -0.143. The van der Waals surface area contributed by atoms with Crippen LogP contribution in [0.2, 0.25) is 0 Å². The third kappa shape index (κ3) is 5.32. The van der Waals surface area contributed by atoms with Crippen molar-refractivity contribution in [3.05, 3.63) is 35.9 Å². The fourth-order valence-corrected chi connectivity index (χ4v) is 1.97. The van der Waals surface area contributed by atoms with Crippen LogP contribution in [0.4, 0.5) is 0 Å². The summed E-state index contributed by atoms with van der Waals surface area (Å²) in [6, 6.07) is 10.4. The molecule has 100 valence electrons. The molecule has 0 aliphatic heterocycles. The van der Waals surface area contributed by atoms with Gasteiger partial charge in [0.25, 0.3) is 0 Å². The highest BCUT2D eigenvalue weighted by Gasteiger charge is 2.18. The standard InChI is InChI=1S/C15H23NO2/c1-12(2)16-14(15(17)18-3)11-7-10-13-8-5-4-6-9-13/h4-6,8-9,12,14,16H,7,10-11H2,1-3H3. The molecule has 0 radical (unpaired) electrons. The maximum atomic E-state index is 11.6. The molecule has 1 unspecified atom stereocenters. The Morgan fingerprint density at radius 3 is 2.50 bits per heavy atom. The molecular formula is C15H23NO2. The van der Waals surface area contributed by atoms with E-state index in [1.54, 1.807) is 0 Å². The van der Waals surface area contributed by atoms with Crippen molar-refractivity contribution in [2.75, 3.05) is 7.11 Å². The highest BCUT2D eigenvalue weighted by Crippen LogP contribution is 2.08. The third-order valence-corrected chi connectivity index (χ3v) is 2.82. The molecule has 0 bridgehead atoms. The number of rotatable bonds is 7.